The summed E-state index contributed by atoms with van der Waals surface area (Å²) in [5, 5.41) is 10.1. The summed E-state index contributed by atoms with van der Waals surface area (Å²) in [7, 11) is 0. The monoisotopic (exact) mass is 330 g/mol. The molecule has 5 atom stereocenters. The van der Waals surface area contributed by atoms with Crippen LogP contribution in [0.4, 0.5) is 0 Å². The van der Waals surface area contributed by atoms with E-state index in [1.807, 2.05) is 62.3 Å². The van der Waals surface area contributed by atoms with Crippen LogP contribution in [0, 0.1) is 0 Å². The van der Waals surface area contributed by atoms with Crippen molar-refractivity contribution in [3.8, 4) is 0 Å². The first kappa shape index (κ1) is 17.6. The van der Waals surface area contributed by atoms with Crippen molar-refractivity contribution < 1.29 is 28.8 Å². The van der Waals surface area contributed by atoms with Gasteiger partial charge in [-0.2, -0.15) is 0 Å². The summed E-state index contributed by atoms with van der Waals surface area (Å²) in [4.78, 5) is 0. The maximum Gasteiger partial charge on any atom is 0.201 e. The molecule has 23 heavy (non-hydrogen) atoms. The van der Waals surface area contributed by atoms with Gasteiger partial charge < -0.3 is 28.8 Å². The van der Waals surface area contributed by atoms with Crippen LogP contribution in [0.15, 0.2) is 0 Å². The molecule has 3 heterocycles. The zero-order valence-corrected chi connectivity index (χ0v) is 15.7. The van der Waals surface area contributed by atoms with Crippen LogP contribution in [-0.4, -0.2) is 51.5 Å². The molecule has 0 unspecified atom stereocenters. The largest absolute Gasteiger partial charge is 0.393 e. The van der Waals surface area contributed by atoms with Crippen LogP contribution in [0.1, 0.15) is 62.3 Å². The highest BCUT2D eigenvalue weighted by Crippen LogP contribution is 2.66. The summed E-state index contributed by atoms with van der Waals surface area (Å²) < 4.78 is 31.5. The van der Waals surface area contributed by atoms with Crippen molar-refractivity contribution in [2.45, 2.75) is 102 Å². The van der Waals surface area contributed by atoms with Gasteiger partial charge in [0.25, 0.3) is 0 Å². The Kier molecular flexibility index (Phi) is 3.14. The molecule has 6 nitrogen and oxygen atoms in total. The SMILES string of the molecule is CC1(C)O[C@@]2(C)O[C@@](C)(CO)[C@]3(C)OC(C)(C)O[C@]3(C)[C@]2(C)O1. The van der Waals surface area contributed by atoms with Gasteiger partial charge in [-0.3, -0.25) is 0 Å². The van der Waals surface area contributed by atoms with Gasteiger partial charge in [-0.05, 0) is 62.3 Å². The van der Waals surface area contributed by atoms with E-state index in [0.29, 0.717) is 0 Å². The smallest absolute Gasteiger partial charge is 0.201 e. The van der Waals surface area contributed by atoms with Crippen molar-refractivity contribution in [3.63, 3.8) is 0 Å². The number of hydrogen-bond donors (Lipinski definition) is 1. The molecular weight excluding hydrogens is 300 g/mol. The van der Waals surface area contributed by atoms with E-state index in [9.17, 15) is 5.11 Å². The molecule has 0 aromatic carbocycles. The molecule has 0 amide bonds. The van der Waals surface area contributed by atoms with Gasteiger partial charge in [-0.25, -0.2) is 0 Å². The maximum absolute atomic E-state index is 10.1. The fraction of sp³-hybridized carbons (Fsp3) is 1.00. The Balaban J connectivity index is 2.26. The van der Waals surface area contributed by atoms with E-state index in [-0.39, 0.29) is 6.61 Å². The summed E-state index contributed by atoms with van der Waals surface area (Å²) in [6.07, 6.45) is 0. The van der Waals surface area contributed by atoms with Gasteiger partial charge in [-0.1, -0.05) is 0 Å². The fourth-order valence-electron chi connectivity index (χ4n) is 4.89. The van der Waals surface area contributed by atoms with Gasteiger partial charge in [0.2, 0.25) is 5.79 Å². The highest BCUT2D eigenvalue weighted by atomic mass is 16.9. The molecule has 0 bridgehead atoms. The minimum Gasteiger partial charge on any atom is -0.393 e. The third kappa shape index (κ3) is 1.80. The molecule has 3 aliphatic rings. The van der Waals surface area contributed by atoms with Gasteiger partial charge in [0.15, 0.2) is 17.2 Å². The third-order valence-corrected chi connectivity index (χ3v) is 6.21. The average Bonchev–Trinajstić information content (AvgIpc) is 2.65. The van der Waals surface area contributed by atoms with E-state index in [1.165, 1.54) is 0 Å². The summed E-state index contributed by atoms with van der Waals surface area (Å²) in [5.74, 6) is -2.77. The van der Waals surface area contributed by atoms with E-state index in [2.05, 4.69) is 0 Å². The normalized spacial score (nSPS) is 57.1. The Morgan fingerprint density at radius 2 is 1.00 bits per heavy atom. The topological polar surface area (TPSA) is 66.4 Å². The molecule has 0 radical (unpaired) electrons. The zero-order chi connectivity index (χ0) is 17.7. The first-order valence-corrected chi connectivity index (χ1v) is 8.21. The molecule has 0 spiro atoms. The Morgan fingerprint density at radius 3 is 1.52 bits per heavy atom. The summed E-state index contributed by atoms with van der Waals surface area (Å²) in [5.41, 5.74) is -3.79. The van der Waals surface area contributed by atoms with Crippen molar-refractivity contribution in [1.29, 1.82) is 0 Å². The van der Waals surface area contributed by atoms with Crippen molar-refractivity contribution in [3.05, 3.63) is 0 Å². The van der Waals surface area contributed by atoms with Crippen molar-refractivity contribution in [2.24, 2.45) is 0 Å². The molecule has 0 aromatic rings. The minimum atomic E-state index is -1.09. The molecule has 3 rings (SSSR count). The molecule has 0 aliphatic carbocycles. The van der Waals surface area contributed by atoms with Crippen LogP contribution in [0.5, 0.6) is 0 Å². The van der Waals surface area contributed by atoms with Crippen LogP contribution < -0.4 is 0 Å². The third-order valence-electron chi connectivity index (χ3n) is 6.21. The summed E-state index contributed by atoms with van der Waals surface area (Å²) in [6, 6.07) is 0. The number of hydrogen-bond acceptors (Lipinski definition) is 6. The highest BCUT2D eigenvalue weighted by Gasteiger charge is 2.84. The molecule has 3 saturated heterocycles. The first-order valence-electron chi connectivity index (χ1n) is 8.21. The Bertz CT molecular complexity index is 547. The van der Waals surface area contributed by atoms with Crippen LogP contribution in [0.3, 0.4) is 0 Å². The molecule has 6 heteroatoms. The molecule has 0 saturated carbocycles. The molecule has 3 fully saturated rings. The Hall–Kier alpha value is -0.240. The lowest BCUT2D eigenvalue weighted by Crippen LogP contribution is -2.82. The van der Waals surface area contributed by atoms with E-state index in [0.717, 1.165) is 0 Å². The lowest BCUT2D eigenvalue weighted by molar-refractivity contribution is -0.395. The Labute approximate surface area is 138 Å². The van der Waals surface area contributed by atoms with Gasteiger partial charge in [0.1, 0.15) is 16.8 Å². The molecule has 134 valence electrons. The predicted octanol–water partition coefficient (Wildman–Crippen LogP) is 2.33. The van der Waals surface area contributed by atoms with Crippen molar-refractivity contribution in [1.82, 2.24) is 0 Å². The number of aliphatic hydroxyl groups is 1. The van der Waals surface area contributed by atoms with Gasteiger partial charge in [0.05, 0.1) is 6.61 Å². The number of rotatable bonds is 1. The van der Waals surface area contributed by atoms with Gasteiger partial charge in [0, 0.05) is 0 Å². The molecule has 3 aliphatic heterocycles. The van der Waals surface area contributed by atoms with E-state index >= 15 is 0 Å². The van der Waals surface area contributed by atoms with Crippen molar-refractivity contribution in [2.75, 3.05) is 6.61 Å². The number of aliphatic hydroxyl groups excluding tert-OH is 1. The van der Waals surface area contributed by atoms with E-state index < -0.39 is 39.8 Å². The standard InChI is InChI=1S/C17H30O6/c1-11(2)19-14(6)13(5,10-18)23-17(9)16(8,15(14,7)20-11)21-12(3,4)22-17/h18H,10H2,1-9H3/t13-,14-,15-,16-,17-/m0/s1. The van der Waals surface area contributed by atoms with Gasteiger partial charge >= 0.3 is 0 Å². The first-order chi connectivity index (χ1) is 10.1. The van der Waals surface area contributed by atoms with Crippen LogP contribution in [-0.2, 0) is 23.7 Å². The lowest BCUT2D eigenvalue weighted by Gasteiger charge is -2.63. The van der Waals surface area contributed by atoms with E-state index in [4.69, 9.17) is 23.7 Å². The summed E-state index contributed by atoms with van der Waals surface area (Å²) in [6.45, 7) is 16.7. The van der Waals surface area contributed by atoms with Crippen molar-refractivity contribution >= 4 is 0 Å². The predicted molar refractivity (Wildman–Crippen MR) is 82.7 cm³/mol. The minimum absolute atomic E-state index is 0.228. The van der Waals surface area contributed by atoms with Crippen LogP contribution in [0.25, 0.3) is 0 Å². The highest BCUT2D eigenvalue weighted by molar-refractivity contribution is 5.28. The molecule has 1 N–H and O–H groups in total. The number of ether oxygens (including phenoxy) is 5. The lowest BCUT2D eigenvalue weighted by atomic mass is 9.61. The second kappa shape index (κ2) is 4.11. The Morgan fingerprint density at radius 1 is 0.565 bits per heavy atom. The van der Waals surface area contributed by atoms with Gasteiger partial charge in [-0.15, -0.1) is 0 Å². The zero-order valence-electron chi connectivity index (χ0n) is 15.7. The van der Waals surface area contributed by atoms with E-state index in [1.54, 1.807) is 0 Å². The second-order valence-corrected chi connectivity index (χ2v) is 8.74. The summed E-state index contributed by atoms with van der Waals surface area (Å²) >= 11 is 0. The van der Waals surface area contributed by atoms with Crippen LogP contribution in [0.2, 0.25) is 0 Å². The second-order valence-electron chi connectivity index (χ2n) is 8.74. The maximum atomic E-state index is 10.1. The molecular formula is C17H30O6. The average molecular weight is 330 g/mol. The molecule has 0 aromatic heterocycles. The quantitative estimate of drug-likeness (QED) is 0.796. The fourth-order valence-corrected chi connectivity index (χ4v) is 4.89. The number of fused-ring (bicyclic) bond motifs is 3. The van der Waals surface area contributed by atoms with Crippen LogP contribution >= 0.6 is 0 Å².